The average Bonchev–Trinajstić information content (AvgIpc) is 3.25. The summed E-state index contributed by atoms with van der Waals surface area (Å²) < 4.78 is 2.73. The van der Waals surface area contributed by atoms with Crippen LogP contribution < -0.4 is 16.4 Å². The number of hydrogen-bond donors (Lipinski definition) is 2. The highest BCUT2D eigenvalue weighted by atomic mass is 16.2. The minimum atomic E-state index is -0.705. The summed E-state index contributed by atoms with van der Waals surface area (Å²) in [5.74, 6) is -1.23. The highest BCUT2D eigenvalue weighted by Gasteiger charge is 2.19. The lowest BCUT2D eigenvalue weighted by Crippen LogP contribution is -2.43. The number of unbranched alkanes of at least 4 members (excludes halogenated alkanes) is 2. The van der Waals surface area contributed by atoms with Crippen LogP contribution in [-0.4, -0.2) is 41.2 Å². The van der Waals surface area contributed by atoms with Crippen LogP contribution in [0.25, 0.3) is 16.6 Å². The Labute approximate surface area is 182 Å². The molecule has 11 heteroatoms. The third kappa shape index (κ3) is 4.04. The van der Waals surface area contributed by atoms with Gasteiger partial charge in [0.05, 0.1) is 5.39 Å². The van der Waals surface area contributed by atoms with Gasteiger partial charge in [-0.1, -0.05) is 38.0 Å². The molecule has 2 N–H and O–H groups in total. The molecule has 0 unspecified atom stereocenters. The molecule has 32 heavy (non-hydrogen) atoms. The maximum Gasteiger partial charge on any atom is 0.309 e. The van der Waals surface area contributed by atoms with E-state index in [2.05, 4.69) is 37.9 Å². The maximum absolute atomic E-state index is 12.9. The van der Waals surface area contributed by atoms with Crippen LogP contribution in [0, 0.1) is 6.92 Å². The molecule has 0 atom stereocenters. The number of amides is 2. The minimum Gasteiger partial charge on any atom is -0.267 e. The first-order valence-electron chi connectivity index (χ1n) is 10.3. The summed E-state index contributed by atoms with van der Waals surface area (Å²) in [6, 6.07) is 8.48. The molecular weight excluding hydrogens is 412 g/mol. The quantitative estimate of drug-likeness (QED) is 0.346. The van der Waals surface area contributed by atoms with Gasteiger partial charge < -0.3 is 0 Å². The van der Waals surface area contributed by atoms with E-state index in [0.717, 1.165) is 25.0 Å². The topological polar surface area (TPSA) is 136 Å². The fourth-order valence-corrected chi connectivity index (χ4v) is 3.30. The molecule has 3 heterocycles. The lowest BCUT2D eigenvalue weighted by atomic mass is 10.1. The fraction of sp³-hybridized carbons (Fsp3) is 0.286. The number of rotatable bonds is 6. The Morgan fingerprint density at radius 1 is 1.00 bits per heavy atom. The van der Waals surface area contributed by atoms with Gasteiger partial charge in [-0.3, -0.25) is 25.2 Å². The second-order valence-electron chi connectivity index (χ2n) is 7.27. The molecule has 2 amide bonds. The van der Waals surface area contributed by atoms with Gasteiger partial charge in [-0.2, -0.15) is 10.1 Å². The van der Waals surface area contributed by atoms with E-state index >= 15 is 0 Å². The standard InChI is InChI=1S/C21H22N8O3/c1-3-4-7-12-28-20(32)15-9-6-5-8-14(15)16(26-28)18(30)24-25-19(31)17-23-21-22-11-10-13(2)29(21)27-17/h5-6,8-11H,3-4,7,12H2,1-2H3,(H,24,30)(H,25,31). The van der Waals surface area contributed by atoms with Gasteiger partial charge in [0.2, 0.25) is 5.82 Å². The van der Waals surface area contributed by atoms with E-state index in [9.17, 15) is 14.4 Å². The normalized spacial score (nSPS) is 11.1. The maximum atomic E-state index is 12.9. The summed E-state index contributed by atoms with van der Waals surface area (Å²) in [6.45, 7) is 4.27. The van der Waals surface area contributed by atoms with E-state index in [4.69, 9.17) is 0 Å². The Balaban J connectivity index is 1.57. The van der Waals surface area contributed by atoms with Crippen molar-refractivity contribution >= 4 is 28.4 Å². The van der Waals surface area contributed by atoms with Crippen molar-refractivity contribution in [2.24, 2.45) is 0 Å². The average molecular weight is 434 g/mol. The molecule has 11 nitrogen and oxygen atoms in total. The SMILES string of the molecule is CCCCCn1nc(C(=O)NNC(=O)c2nc3nccc(C)n3n2)c2ccccc2c1=O. The molecule has 4 aromatic rings. The van der Waals surface area contributed by atoms with E-state index in [1.807, 2.05) is 0 Å². The third-order valence-corrected chi connectivity index (χ3v) is 4.98. The molecule has 164 valence electrons. The van der Waals surface area contributed by atoms with Crippen LogP contribution in [0.5, 0.6) is 0 Å². The van der Waals surface area contributed by atoms with Crippen molar-refractivity contribution in [2.75, 3.05) is 0 Å². The molecule has 0 aliphatic carbocycles. The van der Waals surface area contributed by atoms with E-state index in [-0.39, 0.29) is 22.9 Å². The number of benzene rings is 1. The van der Waals surface area contributed by atoms with Gasteiger partial charge in [0.15, 0.2) is 5.69 Å². The number of nitrogens with one attached hydrogen (secondary N) is 2. The molecule has 3 aromatic heterocycles. The largest absolute Gasteiger partial charge is 0.309 e. The van der Waals surface area contributed by atoms with E-state index in [1.54, 1.807) is 43.5 Å². The van der Waals surface area contributed by atoms with Gasteiger partial charge >= 0.3 is 5.91 Å². The monoisotopic (exact) mass is 434 g/mol. The van der Waals surface area contributed by atoms with Crippen molar-refractivity contribution in [3.63, 3.8) is 0 Å². The first-order valence-corrected chi connectivity index (χ1v) is 10.3. The van der Waals surface area contributed by atoms with Crippen molar-refractivity contribution in [3.05, 3.63) is 64.1 Å². The van der Waals surface area contributed by atoms with Crippen LogP contribution in [0.1, 0.15) is 53.0 Å². The predicted molar refractivity (Wildman–Crippen MR) is 116 cm³/mol. The number of carbonyl (C=O) groups excluding carboxylic acids is 2. The molecule has 0 aliphatic rings. The van der Waals surface area contributed by atoms with Crippen LogP contribution in [-0.2, 0) is 6.54 Å². The number of hydrogen-bond acceptors (Lipinski definition) is 7. The second kappa shape index (κ2) is 8.92. The van der Waals surface area contributed by atoms with Crippen molar-refractivity contribution < 1.29 is 9.59 Å². The first kappa shape index (κ1) is 21.1. The summed E-state index contributed by atoms with van der Waals surface area (Å²) in [4.78, 5) is 46.1. The van der Waals surface area contributed by atoms with Crippen LogP contribution in [0.15, 0.2) is 41.3 Å². The van der Waals surface area contributed by atoms with Crippen LogP contribution >= 0.6 is 0 Å². The molecule has 0 bridgehead atoms. The Bertz CT molecular complexity index is 1370. The Morgan fingerprint density at radius 2 is 1.75 bits per heavy atom. The number of aryl methyl sites for hydroxylation is 2. The van der Waals surface area contributed by atoms with Crippen LogP contribution in [0.4, 0.5) is 0 Å². The van der Waals surface area contributed by atoms with Gasteiger partial charge in [0.25, 0.3) is 17.2 Å². The highest BCUT2D eigenvalue weighted by molar-refractivity contribution is 6.05. The smallest absolute Gasteiger partial charge is 0.267 e. The zero-order valence-electron chi connectivity index (χ0n) is 17.7. The first-order chi connectivity index (χ1) is 15.5. The lowest BCUT2D eigenvalue weighted by Gasteiger charge is -2.11. The molecule has 0 radical (unpaired) electrons. The summed E-state index contributed by atoms with van der Waals surface area (Å²) in [7, 11) is 0. The van der Waals surface area contributed by atoms with Gasteiger partial charge in [-0.05, 0) is 25.5 Å². The van der Waals surface area contributed by atoms with Crippen LogP contribution in [0.3, 0.4) is 0 Å². The highest BCUT2D eigenvalue weighted by Crippen LogP contribution is 2.13. The predicted octanol–water partition coefficient (Wildman–Crippen LogP) is 1.41. The molecule has 0 saturated heterocycles. The van der Waals surface area contributed by atoms with Crippen molar-refractivity contribution in [1.29, 1.82) is 0 Å². The van der Waals surface area contributed by atoms with Gasteiger partial charge in [0, 0.05) is 23.8 Å². The second-order valence-corrected chi connectivity index (χ2v) is 7.27. The number of nitrogens with zero attached hydrogens (tertiary/aromatic N) is 6. The zero-order valence-corrected chi connectivity index (χ0v) is 17.7. The van der Waals surface area contributed by atoms with E-state index in [0.29, 0.717) is 17.3 Å². The third-order valence-electron chi connectivity index (χ3n) is 4.98. The van der Waals surface area contributed by atoms with Crippen molar-refractivity contribution in [3.8, 4) is 0 Å². The lowest BCUT2D eigenvalue weighted by molar-refractivity contribution is 0.0838. The van der Waals surface area contributed by atoms with Crippen LogP contribution in [0.2, 0.25) is 0 Å². The summed E-state index contributed by atoms with van der Waals surface area (Å²) >= 11 is 0. The molecular formula is C21H22N8O3. The van der Waals surface area contributed by atoms with Gasteiger partial charge in [0.1, 0.15) is 0 Å². The summed E-state index contributed by atoms with van der Waals surface area (Å²) in [5, 5.41) is 9.16. The van der Waals surface area contributed by atoms with E-state index in [1.165, 1.54) is 9.20 Å². The Morgan fingerprint density at radius 3 is 2.50 bits per heavy atom. The molecule has 0 fully saturated rings. The summed E-state index contributed by atoms with van der Waals surface area (Å²) in [5.41, 5.74) is 5.17. The zero-order chi connectivity index (χ0) is 22.7. The number of carbonyl (C=O) groups is 2. The fourth-order valence-electron chi connectivity index (χ4n) is 3.30. The molecule has 0 aliphatic heterocycles. The molecule has 0 saturated carbocycles. The molecule has 4 rings (SSSR count). The molecule has 1 aromatic carbocycles. The number of aromatic nitrogens is 6. The van der Waals surface area contributed by atoms with Gasteiger partial charge in [-0.25, -0.2) is 14.2 Å². The number of hydrazine groups is 1. The summed E-state index contributed by atoms with van der Waals surface area (Å²) in [6.07, 6.45) is 4.27. The molecule has 0 spiro atoms. The van der Waals surface area contributed by atoms with Gasteiger partial charge in [-0.15, -0.1) is 5.10 Å². The Kier molecular flexibility index (Phi) is 5.88. The minimum absolute atomic E-state index is 0.0393. The Hall–Kier alpha value is -4.15. The van der Waals surface area contributed by atoms with E-state index < -0.39 is 11.8 Å². The van der Waals surface area contributed by atoms with Crippen molar-refractivity contribution in [2.45, 2.75) is 39.7 Å². The van der Waals surface area contributed by atoms with Crippen molar-refractivity contribution in [1.82, 2.24) is 40.2 Å². The number of fused-ring (bicyclic) bond motifs is 2.